The van der Waals surface area contributed by atoms with Gasteiger partial charge >= 0.3 is 6.18 Å². The molecule has 0 atom stereocenters. The maximum atomic E-state index is 13.0. The van der Waals surface area contributed by atoms with Gasteiger partial charge in [-0.25, -0.2) is 4.99 Å². The Kier molecular flexibility index (Phi) is 5.49. The number of hydrogen-bond acceptors (Lipinski definition) is 4. The lowest BCUT2D eigenvalue weighted by Crippen LogP contribution is -2.18. The zero-order valence-corrected chi connectivity index (χ0v) is 17.4. The van der Waals surface area contributed by atoms with Gasteiger partial charge in [0.1, 0.15) is 17.4 Å². The van der Waals surface area contributed by atoms with E-state index in [2.05, 4.69) is 10.3 Å². The number of rotatable bonds is 3. The van der Waals surface area contributed by atoms with E-state index in [9.17, 15) is 18.0 Å². The molecule has 0 spiro atoms. The second-order valence-electron chi connectivity index (χ2n) is 7.03. The molecule has 4 rings (SSSR count). The highest BCUT2D eigenvalue weighted by Crippen LogP contribution is 2.34. The molecule has 1 aliphatic heterocycles. The summed E-state index contributed by atoms with van der Waals surface area (Å²) < 4.78 is 44.6. The first kappa shape index (κ1) is 21.0. The van der Waals surface area contributed by atoms with E-state index in [0.717, 1.165) is 35.0 Å². The quantitative estimate of drug-likeness (QED) is 0.470. The second kappa shape index (κ2) is 8.11. The van der Waals surface area contributed by atoms with E-state index in [1.807, 2.05) is 32.0 Å². The van der Waals surface area contributed by atoms with Gasteiger partial charge in [0.25, 0.3) is 5.24 Å². The van der Waals surface area contributed by atoms with Crippen molar-refractivity contribution in [1.82, 2.24) is 5.32 Å². The van der Waals surface area contributed by atoms with Crippen molar-refractivity contribution in [3.8, 4) is 11.3 Å². The zero-order chi connectivity index (χ0) is 22.2. The third-order valence-electron chi connectivity index (χ3n) is 4.76. The number of halogens is 3. The van der Waals surface area contributed by atoms with E-state index in [0.29, 0.717) is 33.5 Å². The van der Waals surface area contributed by atoms with Crippen molar-refractivity contribution >= 4 is 34.6 Å². The molecule has 0 radical (unpaired) electrons. The Morgan fingerprint density at radius 1 is 1.03 bits per heavy atom. The van der Waals surface area contributed by atoms with Crippen molar-refractivity contribution in [2.75, 3.05) is 0 Å². The third kappa shape index (κ3) is 4.74. The van der Waals surface area contributed by atoms with Gasteiger partial charge in [-0.3, -0.25) is 4.79 Å². The summed E-state index contributed by atoms with van der Waals surface area (Å²) in [5.74, 6) is 1.10. The van der Waals surface area contributed by atoms with Gasteiger partial charge in [0.15, 0.2) is 0 Å². The van der Waals surface area contributed by atoms with Crippen LogP contribution in [-0.2, 0) is 6.18 Å². The number of aliphatic imine (C=N–C) groups is 1. The Balaban J connectivity index is 1.64. The molecule has 0 aliphatic carbocycles. The molecule has 1 N–H and O–H groups in total. The van der Waals surface area contributed by atoms with Crippen LogP contribution in [0.1, 0.15) is 22.5 Å². The molecule has 0 saturated carbocycles. The van der Waals surface area contributed by atoms with Gasteiger partial charge in [-0.1, -0.05) is 18.2 Å². The lowest BCUT2D eigenvalue weighted by Gasteiger charge is -2.07. The fourth-order valence-corrected chi connectivity index (χ4v) is 3.72. The van der Waals surface area contributed by atoms with Gasteiger partial charge in [0.2, 0.25) is 0 Å². The number of alkyl halides is 3. The smallest absolute Gasteiger partial charge is 0.416 e. The lowest BCUT2D eigenvalue weighted by atomic mass is 10.1. The normalized spacial score (nSPS) is 16.9. The van der Waals surface area contributed by atoms with Crippen LogP contribution in [0.3, 0.4) is 0 Å². The summed E-state index contributed by atoms with van der Waals surface area (Å²) in [7, 11) is 0. The van der Waals surface area contributed by atoms with Crippen LogP contribution in [-0.4, -0.2) is 11.1 Å². The average molecular weight is 442 g/mol. The molecule has 1 saturated heterocycles. The minimum atomic E-state index is -4.43. The summed E-state index contributed by atoms with van der Waals surface area (Å²) in [5, 5.41) is 2.44. The predicted molar refractivity (Wildman–Crippen MR) is 116 cm³/mol. The van der Waals surface area contributed by atoms with Gasteiger partial charge in [-0.15, -0.1) is 0 Å². The molecule has 1 aromatic heterocycles. The zero-order valence-electron chi connectivity index (χ0n) is 16.6. The van der Waals surface area contributed by atoms with Crippen molar-refractivity contribution in [2.45, 2.75) is 20.0 Å². The topological polar surface area (TPSA) is 54.6 Å². The van der Waals surface area contributed by atoms with E-state index >= 15 is 0 Å². The van der Waals surface area contributed by atoms with E-state index in [-0.39, 0.29) is 5.24 Å². The predicted octanol–water partition coefficient (Wildman–Crippen LogP) is 7.11. The van der Waals surface area contributed by atoms with Gasteiger partial charge in [-0.05, 0) is 79.2 Å². The average Bonchev–Trinajstić information content (AvgIpc) is 3.31. The number of amidine groups is 1. The Labute approximate surface area is 180 Å². The van der Waals surface area contributed by atoms with Crippen LogP contribution in [0, 0.1) is 13.8 Å². The summed E-state index contributed by atoms with van der Waals surface area (Å²) in [5.41, 5.74) is 2.50. The number of furan rings is 1. The number of benzene rings is 2. The lowest BCUT2D eigenvalue weighted by molar-refractivity contribution is -0.137. The number of thioether (sulfide) groups is 1. The summed E-state index contributed by atoms with van der Waals surface area (Å²) in [6.07, 6.45) is -2.79. The molecule has 1 aliphatic rings. The first-order valence-corrected chi connectivity index (χ1v) is 10.1. The van der Waals surface area contributed by atoms with Gasteiger partial charge in [-0.2, -0.15) is 13.2 Å². The Morgan fingerprint density at radius 2 is 1.84 bits per heavy atom. The van der Waals surface area contributed by atoms with Gasteiger partial charge < -0.3 is 9.73 Å². The first-order chi connectivity index (χ1) is 14.7. The van der Waals surface area contributed by atoms with E-state index in [1.54, 1.807) is 24.3 Å². The molecule has 2 heterocycles. The monoisotopic (exact) mass is 442 g/mol. The molecule has 3 aromatic rings. The van der Waals surface area contributed by atoms with Crippen molar-refractivity contribution in [3.63, 3.8) is 0 Å². The van der Waals surface area contributed by atoms with Crippen LogP contribution in [0.5, 0.6) is 0 Å². The van der Waals surface area contributed by atoms with Crippen molar-refractivity contribution in [1.29, 1.82) is 0 Å². The number of aryl methyl sites for hydroxylation is 2. The van der Waals surface area contributed by atoms with Crippen LogP contribution < -0.4 is 5.32 Å². The van der Waals surface area contributed by atoms with Crippen LogP contribution in [0.25, 0.3) is 17.4 Å². The summed E-state index contributed by atoms with van der Waals surface area (Å²) >= 11 is 0.978. The van der Waals surface area contributed by atoms with Crippen LogP contribution in [0.4, 0.5) is 23.7 Å². The Hall–Kier alpha value is -3.26. The minimum absolute atomic E-state index is 0.265. The number of hydrogen-bond donors (Lipinski definition) is 1. The molecule has 0 unspecified atom stereocenters. The van der Waals surface area contributed by atoms with Crippen LogP contribution in [0.15, 0.2) is 68.9 Å². The SMILES string of the molecule is Cc1ccc(N=C2NC(=O)S/C2=C\c2ccc(-c3cccc(C(F)(F)F)c3)o2)cc1C. The fraction of sp³-hybridized carbons (Fsp3) is 0.130. The summed E-state index contributed by atoms with van der Waals surface area (Å²) in [6, 6.07) is 13.9. The standard InChI is InChI=1S/C23H17F3N2O2S/c1-13-6-7-17(10-14(13)2)27-21-20(31-22(29)28-21)12-18-8-9-19(30-18)15-4-3-5-16(11-15)23(24,25)26/h3-12H,1-2H3,(H,27,28,29)/b20-12-. The van der Waals surface area contributed by atoms with Gasteiger partial charge in [0.05, 0.1) is 16.2 Å². The molecule has 1 amide bonds. The molecular weight excluding hydrogens is 425 g/mol. The van der Waals surface area contributed by atoms with E-state index < -0.39 is 11.7 Å². The van der Waals surface area contributed by atoms with Crippen molar-refractivity contribution in [2.24, 2.45) is 4.99 Å². The molecule has 31 heavy (non-hydrogen) atoms. The molecule has 4 nitrogen and oxygen atoms in total. The Bertz CT molecular complexity index is 1230. The maximum Gasteiger partial charge on any atom is 0.416 e. The highest BCUT2D eigenvalue weighted by atomic mass is 32.2. The largest absolute Gasteiger partial charge is 0.457 e. The number of nitrogens with zero attached hydrogens (tertiary/aromatic N) is 1. The molecule has 158 valence electrons. The van der Waals surface area contributed by atoms with Gasteiger partial charge in [0, 0.05) is 5.56 Å². The van der Waals surface area contributed by atoms with Crippen LogP contribution >= 0.6 is 11.8 Å². The maximum absolute atomic E-state index is 13.0. The second-order valence-corrected chi connectivity index (χ2v) is 8.05. The summed E-state index contributed by atoms with van der Waals surface area (Å²) in [4.78, 5) is 17.0. The van der Waals surface area contributed by atoms with Crippen molar-refractivity contribution in [3.05, 3.63) is 82.0 Å². The van der Waals surface area contributed by atoms with E-state index in [4.69, 9.17) is 4.42 Å². The molecule has 0 bridgehead atoms. The third-order valence-corrected chi connectivity index (χ3v) is 5.58. The van der Waals surface area contributed by atoms with Crippen molar-refractivity contribution < 1.29 is 22.4 Å². The number of carbonyl (C=O) groups is 1. The molecular formula is C23H17F3N2O2S. The summed E-state index contributed by atoms with van der Waals surface area (Å²) in [6.45, 7) is 3.99. The first-order valence-electron chi connectivity index (χ1n) is 9.33. The fourth-order valence-electron chi connectivity index (χ4n) is 3.00. The molecule has 1 fully saturated rings. The number of nitrogens with one attached hydrogen (secondary N) is 1. The highest BCUT2D eigenvalue weighted by Gasteiger charge is 2.30. The number of carbonyl (C=O) groups excluding carboxylic acids is 1. The van der Waals surface area contributed by atoms with E-state index in [1.165, 1.54) is 6.07 Å². The van der Waals surface area contributed by atoms with Crippen LogP contribution in [0.2, 0.25) is 0 Å². The molecule has 8 heteroatoms. The molecule has 2 aromatic carbocycles. The highest BCUT2D eigenvalue weighted by molar-refractivity contribution is 8.18. The Morgan fingerprint density at radius 3 is 2.58 bits per heavy atom. The minimum Gasteiger partial charge on any atom is -0.457 e. The number of amides is 1.